The molecule has 2 atom stereocenters. The fraction of sp³-hybridized carbons (Fsp3) is 0.667. The molecule has 2 saturated heterocycles. The highest BCUT2D eigenvalue weighted by atomic mass is 15.3. The van der Waals surface area contributed by atoms with Gasteiger partial charge < -0.3 is 10.2 Å². The van der Waals surface area contributed by atoms with Gasteiger partial charge in [-0.15, -0.1) is 0 Å². The molecule has 21 heavy (non-hydrogen) atoms. The van der Waals surface area contributed by atoms with Crippen molar-refractivity contribution in [1.82, 2.24) is 15.1 Å². The molecule has 2 unspecified atom stereocenters. The summed E-state index contributed by atoms with van der Waals surface area (Å²) in [4.78, 5) is 5.36. The van der Waals surface area contributed by atoms with Crippen molar-refractivity contribution >= 4 is 0 Å². The van der Waals surface area contributed by atoms with Crippen molar-refractivity contribution in [2.45, 2.75) is 38.3 Å². The molecular weight excluding hydrogens is 258 g/mol. The largest absolute Gasteiger partial charge is 0.311 e. The number of piperidine rings is 1. The monoisotopic (exact) mass is 287 g/mol. The van der Waals surface area contributed by atoms with E-state index < -0.39 is 0 Å². The highest BCUT2D eigenvalue weighted by Crippen LogP contribution is 2.18. The molecule has 1 aromatic carbocycles. The molecule has 0 bridgehead atoms. The number of rotatable bonds is 4. The second kappa shape index (κ2) is 7.39. The van der Waals surface area contributed by atoms with E-state index in [1.807, 2.05) is 0 Å². The topological polar surface area (TPSA) is 18.5 Å². The lowest BCUT2D eigenvalue weighted by molar-refractivity contribution is 0.0764. The van der Waals surface area contributed by atoms with E-state index in [9.17, 15) is 0 Å². The number of hydrogen-bond acceptors (Lipinski definition) is 3. The first-order valence-corrected chi connectivity index (χ1v) is 8.59. The minimum Gasteiger partial charge on any atom is -0.311 e. The van der Waals surface area contributed by atoms with Crippen LogP contribution in [0.3, 0.4) is 0 Å². The van der Waals surface area contributed by atoms with Gasteiger partial charge >= 0.3 is 0 Å². The third-order valence-electron chi connectivity index (χ3n) is 5.06. The summed E-state index contributed by atoms with van der Waals surface area (Å²) in [5, 5.41) is 3.71. The molecule has 2 fully saturated rings. The lowest BCUT2D eigenvalue weighted by Gasteiger charge is -2.43. The minimum atomic E-state index is 0.609. The van der Waals surface area contributed by atoms with E-state index in [1.54, 1.807) is 0 Å². The summed E-state index contributed by atoms with van der Waals surface area (Å²) in [6.45, 7) is 9.63. The standard InChI is InChI=1S/C18H29N3/c1-2-20-11-6-9-18(15-20)21-12-10-19-17(14-21)13-16-7-4-3-5-8-16/h3-5,7-8,17-19H,2,6,9-15H2,1H3. The molecule has 0 aromatic heterocycles. The van der Waals surface area contributed by atoms with Crippen LogP contribution >= 0.6 is 0 Å². The molecule has 0 spiro atoms. The van der Waals surface area contributed by atoms with Crippen LogP contribution in [0.25, 0.3) is 0 Å². The molecule has 2 aliphatic rings. The molecule has 3 heteroatoms. The van der Waals surface area contributed by atoms with Gasteiger partial charge in [0.1, 0.15) is 0 Å². The molecule has 1 aromatic rings. The van der Waals surface area contributed by atoms with E-state index in [-0.39, 0.29) is 0 Å². The van der Waals surface area contributed by atoms with E-state index in [1.165, 1.54) is 51.1 Å². The Hall–Kier alpha value is -0.900. The van der Waals surface area contributed by atoms with Crippen LogP contribution in [-0.4, -0.2) is 61.2 Å². The summed E-state index contributed by atoms with van der Waals surface area (Å²) in [6.07, 6.45) is 3.90. The maximum Gasteiger partial charge on any atom is 0.0236 e. The van der Waals surface area contributed by atoms with Crippen LogP contribution in [0.2, 0.25) is 0 Å². The molecule has 0 radical (unpaired) electrons. The number of likely N-dealkylation sites (tertiary alicyclic amines) is 1. The Morgan fingerprint density at radius 2 is 2.00 bits per heavy atom. The van der Waals surface area contributed by atoms with Crippen molar-refractivity contribution in [2.24, 2.45) is 0 Å². The Bertz CT molecular complexity index is 420. The fourth-order valence-electron chi connectivity index (χ4n) is 3.83. The summed E-state index contributed by atoms with van der Waals surface area (Å²) in [7, 11) is 0. The van der Waals surface area contributed by atoms with Crippen molar-refractivity contribution < 1.29 is 0 Å². The minimum absolute atomic E-state index is 0.609. The second-order valence-corrected chi connectivity index (χ2v) is 6.52. The Morgan fingerprint density at radius 1 is 1.14 bits per heavy atom. The van der Waals surface area contributed by atoms with Gasteiger partial charge in [0.25, 0.3) is 0 Å². The van der Waals surface area contributed by atoms with Crippen LogP contribution < -0.4 is 5.32 Å². The van der Waals surface area contributed by atoms with Crippen molar-refractivity contribution in [1.29, 1.82) is 0 Å². The molecule has 116 valence electrons. The van der Waals surface area contributed by atoms with E-state index in [4.69, 9.17) is 0 Å². The first kappa shape index (κ1) is 15.0. The quantitative estimate of drug-likeness (QED) is 0.913. The predicted octanol–water partition coefficient (Wildman–Crippen LogP) is 1.99. The first-order valence-electron chi connectivity index (χ1n) is 8.59. The summed E-state index contributed by atoms with van der Waals surface area (Å²) in [6, 6.07) is 12.3. The van der Waals surface area contributed by atoms with Crippen LogP contribution in [-0.2, 0) is 6.42 Å². The van der Waals surface area contributed by atoms with E-state index in [2.05, 4.69) is 52.4 Å². The molecule has 0 amide bonds. The zero-order chi connectivity index (χ0) is 14.5. The van der Waals surface area contributed by atoms with Gasteiger partial charge in [-0.1, -0.05) is 37.3 Å². The smallest absolute Gasteiger partial charge is 0.0236 e. The average molecular weight is 287 g/mol. The van der Waals surface area contributed by atoms with Gasteiger partial charge in [0.05, 0.1) is 0 Å². The van der Waals surface area contributed by atoms with Crippen LogP contribution in [0.1, 0.15) is 25.3 Å². The number of nitrogens with one attached hydrogen (secondary N) is 1. The Labute approximate surface area is 129 Å². The van der Waals surface area contributed by atoms with Crippen molar-refractivity contribution in [3.8, 4) is 0 Å². The zero-order valence-electron chi connectivity index (χ0n) is 13.3. The van der Waals surface area contributed by atoms with Gasteiger partial charge in [-0.25, -0.2) is 0 Å². The molecular formula is C18H29N3. The van der Waals surface area contributed by atoms with Gasteiger partial charge in [0, 0.05) is 38.3 Å². The zero-order valence-corrected chi connectivity index (χ0v) is 13.3. The predicted molar refractivity (Wildman–Crippen MR) is 88.6 cm³/mol. The van der Waals surface area contributed by atoms with Gasteiger partial charge in [-0.3, -0.25) is 4.90 Å². The molecule has 3 nitrogen and oxygen atoms in total. The van der Waals surface area contributed by atoms with Gasteiger partial charge in [0.2, 0.25) is 0 Å². The van der Waals surface area contributed by atoms with Crippen molar-refractivity contribution in [2.75, 3.05) is 39.3 Å². The van der Waals surface area contributed by atoms with Gasteiger partial charge in [0.15, 0.2) is 0 Å². The lowest BCUT2D eigenvalue weighted by atomic mass is 9.99. The first-order chi connectivity index (χ1) is 10.3. The van der Waals surface area contributed by atoms with Crippen LogP contribution in [0.4, 0.5) is 0 Å². The maximum absolute atomic E-state index is 3.71. The van der Waals surface area contributed by atoms with Crippen molar-refractivity contribution in [3.05, 3.63) is 35.9 Å². The highest BCUT2D eigenvalue weighted by molar-refractivity contribution is 5.16. The Kier molecular flexibility index (Phi) is 5.28. The average Bonchev–Trinajstić information content (AvgIpc) is 2.56. The molecule has 1 N–H and O–H groups in total. The number of hydrogen-bond donors (Lipinski definition) is 1. The molecule has 2 heterocycles. The van der Waals surface area contributed by atoms with Gasteiger partial charge in [-0.05, 0) is 37.9 Å². The third kappa shape index (κ3) is 4.06. The number of piperazine rings is 1. The highest BCUT2D eigenvalue weighted by Gasteiger charge is 2.28. The summed E-state index contributed by atoms with van der Waals surface area (Å²) in [5.41, 5.74) is 1.45. The summed E-state index contributed by atoms with van der Waals surface area (Å²) >= 11 is 0. The lowest BCUT2D eigenvalue weighted by Crippen LogP contribution is -2.58. The molecule has 2 aliphatic heterocycles. The van der Waals surface area contributed by atoms with Crippen LogP contribution in [0, 0.1) is 0 Å². The molecule has 0 aliphatic carbocycles. The third-order valence-corrected chi connectivity index (χ3v) is 5.06. The fourth-order valence-corrected chi connectivity index (χ4v) is 3.83. The number of benzene rings is 1. The molecule has 0 saturated carbocycles. The van der Waals surface area contributed by atoms with Crippen LogP contribution in [0.15, 0.2) is 30.3 Å². The van der Waals surface area contributed by atoms with E-state index in [0.717, 1.165) is 19.0 Å². The summed E-state index contributed by atoms with van der Waals surface area (Å²) < 4.78 is 0. The normalized spacial score (nSPS) is 28.6. The molecule has 3 rings (SSSR count). The van der Waals surface area contributed by atoms with Gasteiger partial charge in [-0.2, -0.15) is 0 Å². The number of nitrogens with zero attached hydrogens (tertiary/aromatic N) is 2. The Morgan fingerprint density at radius 3 is 2.81 bits per heavy atom. The van der Waals surface area contributed by atoms with Crippen molar-refractivity contribution in [3.63, 3.8) is 0 Å². The Balaban J connectivity index is 1.55. The van der Waals surface area contributed by atoms with Crippen LogP contribution in [0.5, 0.6) is 0 Å². The summed E-state index contributed by atoms with van der Waals surface area (Å²) in [5.74, 6) is 0. The SMILES string of the molecule is CCN1CCCC(N2CCNC(Cc3ccccc3)C2)C1. The number of likely N-dealkylation sites (N-methyl/N-ethyl adjacent to an activating group) is 1. The van der Waals surface area contributed by atoms with E-state index in [0.29, 0.717) is 6.04 Å². The maximum atomic E-state index is 3.71. The van der Waals surface area contributed by atoms with E-state index >= 15 is 0 Å². The second-order valence-electron chi connectivity index (χ2n) is 6.52.